The number of carbonyl (C=O) groups is 1. The van der Waals surface area contributed by atoms with Crippen molar-refractivity contribution in [3.8, 4) is 0 Å². The van der Waals surface area contributed by atoms with Crippen LogP contribution in [0.3, 0.4) is 0 Å². The number of carbonyl (C=O) groups excluding carboxylic acids is 1. The minimum atomic E-state index is -0.514. The molecule has 78 valence electrons. The molecular weight excluding hydrogens is 180 g/mol. The van der Waals surface area contributed by atoms with E-state index in [9.17, 15) is 9.90 Å². The number of hydrogen-bond acceptors (Lipinski definition) is 3. The quantitative estimate of drug-likeness (QED) is 0.468. The smallest absolute Gasteiger partial charge is 0.307 e. The van der Waals surface area contributed by atoms with Crippen LogP contribution in [0.15, 0.2) is 12.2 Å². The van der Waals surface area contributed by atoms with Gasteiger partial charge in [0.15, 0.2) is 0 Å². The molecule has 1 aliphatic heterocycles. The van der Waals surface area contributed by atoms with Gasteiger partial charge in [-0.15, -0.1) is 0 Å². The Bertz CT molecular complexity index is 306. The van der Waals surface area contributed by atoms with Crippen LogP contribution >= 0.6 is 0 Å². The molecule has 14 heavy (non-hydrogen) atoms. The maximum Gasteiger partial charge on any atom is 0.307 e. The van der Waals surface area contributed by atoms with E-state index in [1.54, 1.807) is 6.08 Å². The molecule has 0 aromatic heterocycles. The monoisotopic (exact) mass is 196 g/mol. The Hall–Kier alpha value is -0.830. The van der Waals surface area contributed by atoms with E-state index < -0.39 is 11.7 Å². The van der Waals surface area contributed by atoms with Crippen molar-refractivity contribution in [1.82, 2.24) is 0 Å². The van der Waals surface area contributed by atoms with E-state index in [1.165, 1.54) is 0 Å². The van der Waals surface area contributed by atoms with Crippen molar-refractivity contribution in [2.45, 2.75) is 38.9 Å². The van der Waals surface area contributed by atoms with Crippen LogP contribution in [0.4, 0.5) is 0 Å². The summed E-state index contributed by atoms with van der Waals surface area (Å²) in [5.74, 6) is -0.0909. The van der Waals surface area contributed by atoms with Crippen molar-refractivity contribution in [3.05, 3.63) is 12.2 Å². The van der Waals surface area contributed by atoms with Crippen LogP contribution in [-0.2, 0) is 9.53 Å². The summed E-state index contributed by atoms with van der Waals surface area (Å²) >= 11 is 0. The zero-order valence-corrected chi connectivity index (χ0v) is 8.78. The van der Waals surface area contributed by atoms with Crippen molar-refractivity contribution in [3.63, 3.8) is 0 Å². The molecule has 0 radical (unpaired) electrons. The third-order valence-electron chi connectivity index (χ3n) is 3.67. The predicted molar refractivity (Wildman–Crippen MR) is 51.5 cm³/mol. The molecular formula is C11H16O3. The highest BCUT2D eigenvalue weighted by atomic mass is 16.6. The van der Waals surface area contributed by atoms with Crippen molar-refractivity contribution in [2.24, 2.45) is 11.3 Å². The van der Waals surface area contributed by atoms with Crippen LogP contribution in [0.5, 0.6) is 0 Å². The fraction of sp³-hybridized carbons (Fsp3) is 0.727. The fourth-order valence-electron chi connectivity index (χ4n) is 2.62. The largest absolute Gasteiger partial charge is 0.455 e. The van der Waals surface area contributed by atoms with Gasteiger partial charge in [0.05, 0.1) is 12.5 Å². The van der Waals surface area contributed by atoms with Crippen LogP contribution in [0.2, 0.25) is 0 Å². The molecule has 3 nitrogen and oxygen atoms in total. The highest BCUT2D eigenvalue weighted by molar-refractivity contribution is 5.73. The van der Waals surface area contributed by atoms with Crippen LogP contribution in [0.25, 0.3) is 0 Å². The molecule has 1 fully saturated rings. The first-order valence-corrected chi connectivity index (χ1v) is 4.95. The second-order valence-electron chi connectivity index (χ2n) is 5.04. The zero-order chi connectivity index (χ0) is 10.6. The second kappa shape index (κ2) is 2.60. The maximum atomic E-state index is 11.3. The molecule has 1 saturated heterocycles. The van der Waals surface area contributed by atoms with Crippen LogP contribution < -0.4 is 0 Å². The second-order valence-corrected chi connectivity index (χ2v) is 5.04. The molecule has 0 unspecified atom stereocenters. The summed E-state index contributed by atoms with van der Waals surface area (Å²) in [5.41, 5.74) is -0.810. The molecule has 0 aromatic carbocycles. The average molecular weight is 196 g/mol. The molecule has 1 aliphatic carbocycles. The third-order valence-corrected chi connectivity index (χ3v) is 3.67. The first-order chi connectivity index (χ1) is 6.36. The van der Waals surface area contributed by atoms with Crippen LogP contribution in [0.1, 0.15) is 27.2 Å². The molecule has 0 amide bonds. The fourth-order valence-corrected chi connectivity index (χ4v) is 2.62. The number of aliphatic hydroxyl groups excluding tert-OH is 1. The van der Waals surface area contributed by atoms with E-state index in [1.807, 2.05) is 26.8 Å². The van der Waals surface area contributed by atoms with Gasteiger partial charge in [0.1, 0.15) is 5.60 Å². The molecule has 2 aliphatic rings. The Labute approximate surface area is 83.8 Å². The Balaban J connectivity index is 2.43. The highest BCUT2D eigenvalue weighted by Crippen LogP contribution is 2.50. The lowest BCUT2D eigenvalue weighted by atomic mass is 9.63. The first-order valence-electron chi connectivity index (χ1n) is 4.95. The van der Waals surface area contributed by atoms with Crippen molar-refractivity contribution in [1.29, 1.82) is 0 Å². The summed E-state index contributed by atoms with van der Waals surface area (Å²) in [4.78, 5) is 11.3. The molecule has 1 heterocycles. The van der Waals surface area contributed by atoms with Crippen LogP contribution in [-0.4, -0.2) is 22.8 Å². The molecule has 0 saturated carbocycles. The van der Waals surface area contributed by atoms with E-state index in [4.69, 9.17) is 4.74 Å². The van der Waals surface area contributed by atoms with Gasteiger partial charge in [-0.05, 0) is 13.0 Å². The van der Waals surface area contributed by atoms with E-state index >= 15 is 0 Å². The number of rotatable bonds is 0. The van der Waals surface area contributed by atoms with Gasteiger partial charge in [0.25, 0.3) is 0 Å². The molecule has 3 heteroatoms. The van der Waals surface area contributed by atoms with Crippen molar-refractivity contribution in [2.75, 3.05) is 0 Å². The number of hydrogen-bond donors (Lipinski definition) is 1. The van der Waals surface area contributed by atoms with Gasteiger partial charge in [0, 0.05) is 11.3 Å². The summed E-state index contributed by atoms with van der Waals surface area (Å²) < 4.78 is 5.30. The summed E-state index contributed by atoms with van der Waals surface area (Å²) in [6, 6.07) is 0. The van der Waals surface area contributed by atoms with Crippen molar-refractivity contribution < 1.29 is 14.6 Å². The van der Waals surface area contributed by atoms with E-state index in [0.29, 0.717) is 6.42 Å². The standard InChI is InChI=1S/C11H16O3/c1-10(2)7-6-9(13)14-11(7,3)5-4-8(10)12/h4-5,7-8,12H,6H2,1-3H3/t7-,8+,11+/m0/s1. The Morgan fingerprint density at radius 1 is 1.50 bits per heavy atom. The summed E-state index contributed by atoms with van der Waals surface area (Å²) in [5, 5.41) is 9.83. The molecule has 2 rings (SSSR count). The molecule has 0 aromatic rings. The molecule has 0 spiro atoms. The lowest BCUT2D eigenvalue weighted by Crippen LogP contribution is -2.48. The lowest BCUT2D eigenvalue weighted by Gasteiger charge is -2.44. The average Bonchev–Trinajstić information content (AvgIpc) is 2.37. The van der Waals surface area contributed by atoms with Gasteiger partial charge in [0.2, 0.25) is 0 Å². The Kier molecular flexibility index (Phi) is 1.80. The maximum absolute atomic E-state index is 11.3. The Morgan fingerprint density at radius 3 is 2.79 bits per heavy atom. The SMILES string of the molecule is CC1(C)[C@H](O)C=C[C@@]2(C)OC(=O)C[C@@H]12. The number of ether oxygens (including phenoxy) is 1. The van der Waals surface area contributed by atoms with Crippen molar-refractivity contribution >= 4 is 5.97 Å². The van der Waals surface area contributed by atoms with Gasteiger partial charge < -0.3 is 9.84 Å². The van der Waals surface area contributed by atoms with Gasteiger partial charge in [-0.1, -0.05) is 19.9 Å². The predicted octanol–water partition coefficient (Wildman–Crippen LogP) is 1.27. The minimum Gasteiger partial charge on any atom is -0.455 e. The van der Waals surface area contributed by atoms with E-state index in [2.05, 4.69) is 0 Å². The van der Waals surface area contributed by atoms with Gasteiger partial charge >= 0.3 is 5.97 Å². The lowest BCUT2D eigenvalue weighted by molar-refractivity contribution is -0.146. The van der Waals surface area contributed by atoms with E-state index in [-0.39, 0.29) is 17.3 Å². The minimum absolute atomic E-state index is 0.0718. The van der Waals surface area contributed by atoms with Crippen LogP contribution in [0, 0.1) is 11.3 Å². The summed E-state index contributed by atoms with van der Waals surface area (Å²) in [7, 11) is 0. The molecule has 0 bridgehead atoms. The number of esters is 1. The van der Waals surface area contributed by atoms with Gasteiger partial charge in [-0.25, -0.2) is 0 Å². The first kappa shape index (κ1) is 9.71. The summed E-state index contributed by atoms with van der Waals surface area (Å²) in [6.07, 6.45) is 3.47. The molecule has 3 atom stereocenters. The highest BCUT2D eigenvalue weighted by Gasteiger charge is 2.55. The Morgan fingerprint density at radius 2 is 2.14 bits per heavy atom. The zero-order valence-electron chi connectivity index (χ0n) is 8.78. The normalized spacial score (nSPS) is 44.7. The molecule has 1 N–H and O–H groups in total. The third kappa shape index (κ3) is 1.12. The van der Waals surface area contributed by atoms with Gasteiger partial charge in [-0.3, -0.25) is 4.79 Å². The van der Waals surface area contributed by atoms with Gasteiger partial charge in [-0.2, -0.15) is 0 Å². The summed E-state index contributed by atoms with van der Waals surface area (Å²) in [6.45, 7) is 5.87. The van der Waals surface area contributed by atoms with E-state index in [0.717, 1.165) is 0 Å². The topological polar surface area (TPSA) is 46.5 Å². The number of aliphatic hydroxyl groups is 1. The number of fused-ring (bicyclic) bond motifs is 1.